The van der Waals surface area contributed by atoms with Gasteiger partial charge in [-0.3, -0.25) is 4.79 Å². The van der Waals surface area contributed by atoms with E-state index in [9.17, 15) is 26.4 Å². The van der Waals surface area contributed by atoms with Crippen LogP contribution in [0.4, 0.5) is 13.2 Å². The summed E-state index contributed by atoms with van der Waals surface area (Å²) < 4.78 is 67.1. The molecule has 2 rings (SSSR count). The Kier molecular flexibility index (Phi) is 4.33. The summed E-state index contributed by atoms with van der Waals surface area (Å²) in [6.45, 7) is 0. The molecule has 0 heterocycles. The Hall–Kier alpha value is -2.55. The maximum absolute atomic E-state index is 12.7. The zero-order valence-corrected chi connectivity index (χ0v) is 12.2. The molecule has 0 unspecified atom stereocenters. The van der Waals surface area contributed by atoms with E-state index in [1.807, 2.05) is 0 Å². The minimum atomic E-state index is -4.73. The largest absolute Gasteiger partial charge is 0.416 e. The maximum Gasteiger partial charge on any atom is 0.416 e. The molecule has 0 saturated carbocycles. The number of benzene rings is 2. The van der Waals surface area contributed by atoms with Gasteiger partial charge in [0, 0.05) is 0 Å². The number of hydrogen-bond acceptors (Lipinski definition) is 4. The van der Waals surface area contributed by atoms with Crippen LogP contribution < -0.4 is 9.92 Å². The quantitative estimate of drug-likeness (QED) is 0.863. The van der Waals surface area contributed by atoms with E-state index in [-0.39, 0.29) is 4.90 Å². The average molecular weight is 345 g/mol. The van der Waals surface area contributed by atoms with E-state index in [4.69, 9.17) is 5.73 Å². The lowest BCUT2D eigenvalue weighted by Gasteiger charge is -2.13. The smallest absolute Gasteiger partial charge is 0.378 e. The number of primary amides is 1. The van der Waals surface area contributed by atoms with Crippen molar-refractivity contribution in [2.24, 2.45) is 5.73 Å². The average Bonchev–Trinajstić information content (AvgIpc) is 2.46. The third kappa shape index (κ3) is 3.81. The summed E-state index contributed by atoms with van der Waals surface area (Å²) in [7, 11) is -4.41. The zero-order chi connectivity index (χ0) is 17.3. The topological polar surface area (TPSA) is 86.5 Å². The summed E-state index contributed by atoms with van der Waals surface area (Å²) in [5, 5.41) is 0. The van der Waals surface area contributed by atoms with Crippen LogP contribution in [0.25, 0.3) is 0 Å². The Morgan fingerprint density at radius 3 is 2.17 bits per heavy atom. The molecule has 0 radical (unpaired) electrons. The van der Waals surface area contributed by atoms with E-state index in [0.29, 0.717) is 12.1 Å². The van der Waals surface area contributed by atoms with Gasteiger partial charge in [0.25, 0.3) is 5.91 Å². The van der Waals surface area contributed by atoms with Gasteiger partial charge >= 0.3 is 16.3 Å². The van der Waals surface area contributed by atoms with E-state index < -0.39 is 39.1 Å². The Morgan fingerprint density at radius 1 is 1.04 bits per heavy atom. The highest BCUT2D eigenvalue weighted by atomic mass is 32.2. The maximum atomic E-state index is 12.7. The zero-order valence-electron chi connectivity index (χ0n) is 11.4. The van der Waals surface area contributed by atoms with Crippen LogP contribution in [0, 0.1) is 0 Å². The van der Waals surface area contributed by atoms with Crippen molar-refractivity contribution in [2.45, 2.75) is 11.1 Å². The summed E-state index contributed by atoms with van der Waals surface area (Å²) in [5.74, 6) is -1.90. The first kappa shape index (κ1) is 16.8. The van der Waals surface area contributed by atoms with Crippen molar-refractivity contribution < 1.29 is 30.6 Å². The molecule has 0 fully saturated rings. The number of amides is 1. The molecule has 1 amide bonds. The molecule has 0 bridgehead atoms. The fraction of sp³-hybridized carbons (Fsp3) is 0.0714. The molecule has 2 aromatic rings. The van der Waals surface area contributed by atoms with Crippen molar-refractivity contribution in [3.05, 3.63) is 59.7 Å². The van der Waals surface area contributed by atoms with E-state index in [0.717, 1.165) is 6.07 Å². The highest BCUT2D eigenvalue weighted by Gasteiger charge is 2.32. The third-order valence-corrected chi connectivity index (χ3v) is 4.05. The standard InChI is InChI=1S/C14H10F3NO4S/c15-14(16,17)9-6-7-11(13(18)19)12(8-9)22-23(20,21)10-4-2-1-3-5-10/h1-8H,(H2,18,19). The Balaban J connectivity index is 2.51. The summed E-state index contributed by atoms with van der Waals surface area (Å²) >= 11 is 0. The normalized spacial score (nSPS) is 12.0. The van der Waals surface area contributed by atoms with Crippen LogP contribution in [0.3, 0.4) is 0 Å². The van der Waals surface area contributed by atoms with Gasteiger partial charge in [-0.25, -0.2) is 0 Å². The summed E-state index contributed by atoms with van der Waals surface area (Å²) in [5.41, 5.74) is 3.40. The van der Waals surface area contributed by atoms with Gasteiger partial charge in [0.2, 0.25) is 0 Å². The van der Waals surface area contributed by atoms with Gasteiger partial charge in [0.05, 0.1) is 11.1 Å². The Labute approximate surface area is 129 Å². The highest BCUT2D eigenvalue weighted by molar-refractivity contribution is 7.87. The van der Waals surface area contributed by atoms with Crippen molar-refractivity contribution in [1.29, 1.82) is 0 Å². The van der Waals surface area contributed by atoms with Crippen LogP contribution in [-0.4, -0.2) is 14.3 Å². The van der Waals surface area contributed by atoms with Crippen LogP contribution in [0.2, 0.25) is 0 Å². The molecule has 0 atom stereocenters. The minimum Gasteiger partial charge on any atom is -0.378 e. The number of carbonyl (C=O) groups is 1. The number of nitrogens with two attached hydrogens (primary N) is 1. The summed E-state index contributed by atoms with van der Waals surface area (Å²) in [6.07, 6.45) is -4.73. The molecule has 0 spiro atoms. The lowest BCUT2D eigenvalue weighted by atomic mass is 10.1. The van der Waals surface area contributed by atoms with Gasteiger partial charge < -0.3 is 9.92 Å². The van der Waals surface area contributed by atoms with Crippen LogP contribution in [0.15, 0.2) is 53.4 Å². The monoisotopic (exact) mass is 345 g/mol. The molecule has 9 heteroatoms. The number of carbonyl (C=O) groups excluding carboxylic acids is 1. The summed E-state index contributed by atoms with van der Waals surface area (Å²) in [6, 6.07) is 8.58. The second-order valence-corrected chi connectivity index (χ2v) is 5.97. The lowest BCUT2D eigenvalue weighted by Crippen LogP contribution is -2.17. The molecule has 0 saturated heterocycles. The van der Waals surface area contributed by atoms with E-state index in [1.54, 1.807) is 6.07 Å². The van der Waals surface area contributed by atoms with Crippen molar-refractivity contribution >= 4 is 16.0 Å². The van der Waals surface area contributed by atoms with Crippen molar-refractivity contribution in [2.75, 3.05) is 0 Å². The van der Waals surface area contributed by atoms with Gasteiger partial charge in [-0.05, 0) is 30.3 Å². The van der Waals surface area contributed by atoms with Crippen LogP contribution in [0.5, 0.6) is 5.75 Å². The molecular formula is C14H10F3NO4S. The number of rotatable bonds is 4. The van der Waals surface area contributed by atoms with Gasteiger partial charge in [-0.1, -0.05) is 18.2 Å². The van der Waals surface area contributed by atoms with Crippen LogP contribution in [-0.2, 0) is 16.3 Å². The predicted octanol–water partition coefficient (Wildman–Crippen LogP) is 2.57. The molecule has 0 aromatic heterocycles. The Bertz CT molecular complexity index is 833. The second-order valence-electron chi connectivity index (χ2n) is 4.42. The number of hydrogen-bond donors (Lipinski definition) is 1. The van der Waals surface area contributed by atoms with E-state index in [1.165, 1.54) is 24.3 Å². The first-order chi connectivity index (χ1) is 10.6. The molecule has 122 valence electrons. The van der Waals surface area contributed by atoms with Crippen molar-refractivity contribution in [1.82, 2.24) is 0 Å². The molecule has 0 aliphatic rings. The van der Waals surface area contributed by atoms with Gasteiger partial charge in [0.1, 0.15) is 4.90 Å². The predicted molar refractivity (Wildman–Crippen MR) is 74.2 cm³/mol. The second kappa shape index (κ2) is 5.92. The highest BCUT2D eigenvalue weighted by Crippen LogP contribution is 2.34. The van der Waals surface area contributed by atoms with Crippen LogP contribution >= 0.6 is 0 Å². The molecule has 0 aliphatic carbocycles. The van der Waals surface area contributed by atoms with E-state index in [2.05, 4.69) is 4.18 Å². The minimum absolute atomic E-state index is 0.271. The first-order valence-corrected chi connectivity index (χ1v) is 7.52. The Morgan fingerprint density at radius 2 is 1.65 bits per heavy atom. The lowest BCUT2D eigenvalue weighted by molar-refractivity contribution is -0.137. The fourth-order valence-corrected chi connectivity index (χ4v) is 2.69. The van der Waals surface area contributed by atoms with Crippen molar-refractivity contribution in [3.63, 3.8) is 0 Å². The first-order valence-electron chi connectivity index (χ1n) is 6.12. The molecule has 2 N–H and O–H groups in total. The molecule has 23 heavy (non-hydrogen) atoms. The molecule has 5 nitrogen and oxygen atoms in total. The number of halogens is 3. The summed E-state index contributed by atoms with van der Waals surface area (Å²) in [4.78, 5) is 11.0. The van der Waals surface area contributed by atoms with Gasteiger partial charge in [-0.15, -0.1) is 0 Å². The molecular weight excluding hydrogens is 335 g/mol. The van der Waals surface area contributed by atoms with Gasteiger partial charge in [0.15, 0.2) is 5.75 Å². The van der Waals surface area contributed by atoms with Crippen molar-refractivity contribution in [3.8, 4) is 5.75 Å². The fourth-order valence-electron chi connectivity index (χ4n) is 1.72. The third-order valence-electron chi connectivity index (χ3n) is 2.81. The molecule has 2 aromatic carbocycles. The number of alkyl halides is 3. The SMILES string of the molecule is NC(=O)c1ccc(C(F)(F)F)cc1OS(=O)(=O)c1ccccc1. The van der Waals surface area contributed by atoms with Gasteiger partial charge in [-0.2, -0.15) is 21.6 Å². The van der Waals surface area contributed by atoms with Crippen LogP contribution in [0.1, 0.15) is 15.9 Å². The molecule has 0 aliphatic heterocycles. The van der Waals surface area contributed by atoms with E-state index >= 15 is 0 Å².